The Balaban J connectivity index is 0. The van der Waals surface area contributed by atoms with Gasteiger partial charge in [-0.05, 0) is 13.1 Å². The topological polar surface area (TPSA) is 47.3 Å². The van der Waals surface area contributed by atoms with Gasteiger partial charge in [-0.3, -0.25) is 0 Å². The predicted molar refractivity (Wildman–Crippen MR) is 74.4 cm³/mol. The van der Waals surface area contributed by atoms with E-state index in [2.05, 4.69) is 5.32 Å². The monoisotopic (exact) mass is 320 g/mol. The fourth-order valence-electron chi connectivity index (χ4n) is 1.40. The Hall–Kier alpha value is -0.850. The van der Waals surface area contributed by atoms with Crippen LogP contribution in [0.15, 0.2) is 12.1 Å². The van der Waals surface area contributed by atoms with Gasteiger partial charge in [0.25, 0.3) is 0 Å². The molecule has 0 aliphatic heterocycles. The molecule has 0 radical (unpaired) electrons. The Labute approximate surface area is 122 Å². The first-order valence-electron chi connectivity index (χ1n) is 5.13. The van der Waals surface area contributed by atoms with Gasteiger partial charge >= 0.3 is 0 Å². The van der Waals surface area contributed by atoms with E-state index in [0.717, 1.165) is 6.07 Å². The van der Waals surface area contributed by atoms with Crippen LogP contribution in [-0.2, 0) is 6.54 Å². The van der Waals surface area contributed by atoms with Gasteiger partial charge in [-0.1, -0.05) is 0 Å². The molecule has 0 unspecified atom stereocenters. The highest BCUT2D eigenvalue weighted by Gasteiger charge is 2.17. The molecule has 1 aromatic rings. The van der Waals surface area contributed by atoms with E-state index in [1.54, 1.807) is 7.05 Å². The first-order chi connectivity index (χ1) is 8.12. The van der Waals surface area contributed by atoms with E-state index in [1.807, 2.05) is 0 Å². The zero-order valence-electron chi connectivity index (χ0n) is 10.3. The van der Waals surface area contributed by atoms with Crippen LogP contribution in [0.2, 0.25) is 0 Å². The lowest BCUT2D eigenvalue weighted by Gasteiger charge is -2.17. The van der Waals surface area contributed by atoms with Crippen molar-refractivity contribution < 1.29 is 17.9 Å². The summed E-state index contributed by atoms with van der Waals surface area (Å²) in [6.07, 6.45) is -1.29. The molecule has 19 heavy (non-hydrogen) atoms. The maximum absolute atomic E-state index is 13.6. The summed E-state index contributed by atoms with van der Waals surface area (Å²) in [4.78, 5) is 0. The molecule has 0 fully saturated rings. The van der Waals surface area contributed by atoms with Crippen molar-refractivity contribution in [2.24, 2.45) is 0 Å². The summed E-state index contributed by atoms with van der Waals surface area (Å²) in [7, 11) is 1.66. The Morgan fingerprint density at radius 2 is 1.84 bits per heavy atom. The number of anilines is 1. The number of ether oxygens (including phenoxy) is 1. The van der Waals surface area contributed by atoms with E-state index < -0.39 is 25.3 Å². The number of hydrogen-bond acceptors (Lipinski definition) is 3. The fourth-order valence-corrected chi connectivity index (χ4v) is 1.40. The highest BCUT2D eigenvalue weighted by molar-refractivity contribution is 5.85. The number of nitrogens with two attached hydrogens (primary N) is 1. The molecule has 0 atom stereocenters. The molecule has 0 amide bonds. The van der Waals surface area contributed by atoms with Gasteiger partial charge in [0, 0.05) is 23.9 Å². The largest absolute Gasteiger partial charge is 0.482 e. The normalized spacial score (nSPS) is 9.74. The van der Waals surface area contributed by atoms with Crippen molar-refractivity contribution in [2.75, 3.05) is 26.1 Å². The zero-order chi connectivity index (χ0) is 12.8. The predicted octanol–water partition coefficient (Wildman–Crippen LogP) is 2.66. The summed E-state index contributed by atoms with van der Waals surface area (Å²) in [6, 6.07) is 2.56. The lowest BCUT2D eigenvalue weighted by atomic mass is 10.1. The van der Waals surface area contributed by atoms with Crippen LogP contribution >= 0.6 is 24.8 Å². The molecule has 0 spiro atoms. The minimum Gasteiger partial charge on any atom is -0.482 e. The van der Waals surface area contributed by atoms with E-state index in [-0.39, 0.29) is 36.3 Å². The van der Waals surface area contributed by atoms with Crippen LogP contribution in [0.5, 0.6) is 5.75 Å². The molecule has 1 aromatic carbocycles. The summed E-state index contributed by atoms with van der Waals surface area (Å²) in [5.74, 6) is -0.879. The van der Waals surface area contributed by atoms with Gasteiger partial charge in [0.1, 0.15) is 13.3 Å². The van der Waals surface area contributed by atoms with Crippen molar-refractivity contribution in [3.63, 3.8) is 0 Å². The molecule has 1 rings (SSSR count). The fraction of sp³-hybridized carbons (Fsp3) is 0.455. The summed E-state index contributed by atoms with van der Waals surface area (Å²) >= 11 is 0. The van der Waals surface area contributed by atoms with Gasteiger partial charge < -0.3 is 15.8 Å². The minimum absolute atomic E-state index is 0. The molecule has 112 valence electrons. The van der Waals surface area contributed by atoms with Crippen LogP contribution in [0, 0.1) is 5.82 Å². The van der Waals surface area contributed by atoms with E-state index >= 15 is 0 Å². The third kappa shape index (κ3) is 5.76. The second-order valence-electron chi connectivity index (χ2n) is 3.57. The number of benzene rings is 1. The molecule has 0 aliphatic carbocycles. The van der Waals surface area contributed by atoms with Crippen molar-refractivity contribution in [1.82, 2.24) is 5.32 Å². The molecule has 0 aromatic heterocycles. The number of hydrogen-bond donors (Lipinski definition) is 2. The summed E-state index contributed by atoms with van der Waals surface area (Å²) in [6.45, 7) is -1.73. The number of nitrogen functional groups attached to an aromatic ring is 1. The first-order valence-corrected chi connectivity index (χ1v) is 5.13. The minimum atomic E-state index is -1.29. The van der Waals surface area contributed by atoms with Crippen LogP contribution in [0.25, 0.3) is 0 Å². The van der Waals surface area contributed by atoms with Crippen LogP contribution in [0.3, 0.4) is 0 Å². The smallest absolute Gasteiger partial charge is 0.167 e. The maximum atomic E-state index is 13.6. The second kappa shape index (κ2) is 10.00. The van der Waals surface area contributed by atoms with Gasteiger partial charge in [0.15, 0.2) is 17.7 Å². The van der Waals surface area contributed by atoms with Gasteiger partial charge in [0.05, 0.1) is 0 Å². The molecule has 8 heteroatoms. The third-order valence-electron chi connectivity index (χ3n) is 2.14. The number of rotatable bonds is 6. The molecule has 0 saturated carbocycles. The standard InChI is InChI=1S/C11H15F3N2O.2ClH/c1-16-6-7-2-8(15)3-10(14)11(7)17-9(4-12)5-13;;/h2-3,9,16H,4-6,15H2,1H3;2*1H. The molecule has 3 N–H and O–H groups in total. The lowest BCUT2D eigenvalue weighted by Crippen LogP contribution is -2.23. The van der Waals surface area contributed by atoms with Crippen molar-refractivity contribution in [2.45, 2.75) is 12.6 Å². The highest BCUT2D eigenvalue weighted by Crippen LogP contribution is 2.27. The maximum Gasteiger partial charge on any atom is 0.167 e. The molecule has 3 nitrogen and oxygen atoms in total. The van der Waals surface area contributed by atoms with Crippen LogP contribution in [0.4, 0.5) is 18.9 Å². The average Bonchev–Trinajstić information content (AvgIpc) is 2.29. The van der Waals surface area contributed by atoms with Crippen LogP contribution in [-0.4, -0.2) is 26.5 Å². The molecule has 0 heterocycles. The summed E-state index contributed by atoms with van der Waals surface area (Å²) in [5.41, 5.74) is 6.14. The number of halogens is 5. The van der Waals surface area contributed by atoms with Crippen LogP contribution in [0.1, 0.15) is 5.56 Å². The quantitative estimate of drug-likeness (QED) is 0.792. The van der Waals surface area contributed by atoms with Crippen LogP contribution < -0.4 is 15.8 Å². The van der Waals surface area contributed by atoms with E-state index in [4.69, 9.17) is 10.5 Å². The molecule has 0 aliphatic rings. The van der Waals surface area contributed by atoms with E-state index in [9.17, 15) is 13.2 Å². The molecule has 0 bridgehead atoms. The van der Waals surface area contributed by atoms with Crippen molar-refractivity contribution in [3.05, 3.63) is 23.5 Å². The lowest BCUT2D eigenvalue weighted by molar-refractivity contribution is 0.127. The number of nitrogens with one attached hydrogen (secondary N) is 1. The SMILES string of the molecule is CNCc1cc(N)cc(F)c1OC(CF)CF.Cl.Cl. The third-order valence-corrected chi connectivity index (χ3v) is 2.14. The van der Waals surface area contributed by atoms with E-state index in [0.29, 0.717) is 12.1 Å². The summed E-state index contributed by atoms with van der Waals surface area (Å²) < 4.78 is 43.2. The second-order valence-corrected chi connectivity index (χ2v) is 3.57. The molecular weight excluding hydrogens is 304 g/mol. The Bertz CT molecular complexity index is 379. The summed E-state index contributed by atoms with van der Waals surface area (Å²) in [5, 5.41) is 2.80. The van der Waals surface area contributed by atoms with Crippen molar-refractivity contribution >= 4 is 30.5 Å². The zero-order valence-corrected chi connectivity index (χ0v) is 11.9. The number of alkyl halides is 2. The van der Waals surface area contributed by atoms with Crippen molar-refractivity contribution in [3.8, 4) is 5.75 Å². The highest BCUT2D eigenvalue weighted by atomic mass is 35.5. The van der Waals surface area contributed by atoms with Crippen molar-refractivity contribution in [1.29, 1.82) is 0 Å². The molecular formula is C11H17Cl2F3N2O. The van der Waals surface area contributed by atoms with E-state index in [1.165, 1.54) is 6.07 Å². The Morgan fingerprint density at radius 3 is 2.32 bits per heavy atom. The average molecular weight is 321 g/mol. The molecule has 0 saturated heterocycles. The first kappa shape index (κ1) is 20.5. The Morgan fingerprint density at radius 1 is 1.26 bits per heavy atom. The van der Waals surface area contributed by atoms with Gasteiger partial charge in [-0.15, -0.1) is 24.8 Å². The van der Waals surface area contributed by atoms with Gasteiger partial charge in [-0.2, -0.15) is 0 Å². The van der Waals surface area contributed by atoms with Gasteiger partial charge in [-0.25, -0.2) is 13.2 Å². The van der Waals surface area contributed by atoms with Gasteiger partial charge in [0.2, 0.25) is 0 Å². The Kier molecular flexibility index (Phi) is 10.8.